The average molecular weight is 501 g/mol. The minimum Gasteiger partial charge on any atom is -0.497 e. The zero-order valence-corrected chi connectivity index (χ0v) is 21.5. The molecule has 0 N–H and O–H groups in total. The number of nitrogens with zero attached hydrogens (tertiary/aromatic N) is 2. The molecule has 0 radical (unpaired) electrons. The molecule has 190 valence electrons. The second-order valence-electron chi connectivity index (χ2n) is 9.29. The summed E-state index contributed by atoms with van der Waals surface area (Å²) in [4.78, 5) is 15.5. The summed E-state index contributed by atoms with van der Waals surface area (Å²) in [5.41, 5.74) is 0.551. The van der Waals surface area contributed by atoms with Crippen LogP contribution in [0.25, 0.3) is 0 Å². The second kappa shape index (κ2) is 11.4. The van der Waals surface area contributed by atoms with Gasteiger partial charge in [-0.05, 0) is 74.9 Å². The zero-order valence-electron chi connectivity index (χ0n) is 20.7. The lowest BCUT2D eigenvalue weighted by molar-refractivity contribution is 0.0636. The van der Waals surface area contributed by atoms with Gasteiger partial charge in [0.05, 0.1) is 23.6 Å². The highest BCUT2D eigenvalue weighted by Gasteiger charge is 2.39. The number of carbonyl (C=O) groups excluding carboxylic acids is 1. The number of hydrogen-bond acceptors (Lipinski definition) is 5. The van der Waals surface area contributed by atoms with Crippen molar-refractivity contribution in [2.45, 2.75) is 68.9 Å². The topological polar surface area (TPSA) is 76.2 Å². The van der Waals surface area contributed by atoms with E-state index in [2.05, 4.69) is 6.92 Å². The third-order valence-corrected chi connectivity index (χ3v) is 8.88. The number of carbonyl (C=O) groups is 1. The monoisotopic (exact) mass is 500 g/mol. The molecule has 0 saturated heterocycles. The molecule has 1 aliphatic carbocycles. The normalized spacial score (nSPS) is 22.2. The minimum absolute atomic E-state index is 0.0157. The molecule has 7 nitrogen and oxygen atoms in total. The van der Waals surface area contributed by atoms with Gasteiger partial charge in [-0.2, -0.15) is 4.31 Å². The maximum atomic E-state index is 13.9. The van der Waals surface area contributed by atoms with Gasteiger partial charge in [0.25, 0.3) is 5.91 Å². The highest BCUT2D eigenvalue weighted by molar-refractivity contribution is 7.89. The minimum atomic E-state index is -3.74. The van der Waals surface area contributed by atoms with Gasteiger partial charge in [-0.15, -0.1) is 0 Å². The first-order chi connectivity index (χ1) is 17.0. The van der Waals surface area contributed by atoms with Crippen LogP contribution in [0.2, 0.25) is 0 Å². The van der Waals surface area contributed by atoms with Crippen LogP contribution in [0.5, 0.6) is 11.5 Å². The molecule has 4 rings (SSSR count). The molecular formula is C27H36N2O5S. The van der Waals surface area contributed by atoms with Crippen LogP contribution in [0.3, 0.4) is 0 Å². The van der Waals surface area contributed by atoms with Crippen LogP contribution in [0.4, 0.5) is 0 Å². The second-order valence-corrected chi connectivity index (χ2v) is 11.2. The summed E-state index contributed by atoms with van der Waals surface area (Å²) in [6.45, 7) is 3.70. The number of methoxy groups -OCH3 is 1. The van der Waals surface area contributed by atoms with E-state index in [4.69, 9.17) is 9.47 Å². The van der Waals surface area contributed by atoms with Gasteiger partial charge in [-0.3, -0.25) is 4.79 Å². The molecule has 1 aliphatic heterocycles. The summed E-state index contributed by atoms with van der Waals surface area (Å²) < 4.78 is 41.1. The Hall–Kier alpha value is -2.58. The molecule has 1 saturated carbocycles. The first-order valence-corrected chi connectivity index (χ1v) is 14.1. The molecular weight excluding hydrogens is 464 g/mol. The van der Waals surface area contributed by atoms with Crippen molar-refractivity contribution in [2.75, 3.05) is 26.7 Å². The largest absolute Gasteiger partial charge is 0.497 e. The Morgan fingerprint density at radius 1 is 0.971 bits per heavy atom. The third kappa shape index (κ3) is 5.64. The fraction of sp³-hybridized carbons (Fsp3) is 0.519. The molecule has 0 spiro atoms. The lowest BCUT2D eigenvalue weighted by Crippen LogP contribution is -2.51. The van der Waals surface area contributed by atoms with Gasteiger partial charge in [-0.1, -0.05) is 25.5 Å². The number of ether oxygens (including phenoxy) is 2. The SMILES string of the molecule is CCCN1CCCCN(S(=O)(=O)c2ccc(OC)cc2)[C@@H]2CCCC[C@@H]2Oc2ccccc2C1=O. The van der Waals surface area contributed by atoms with Crippen molar-refractivity contribution in [2.24, 2.45) is 0 Å². The lowest BCUT2D eigenvalue weighted by atomic mass is 9.92. The maximum Gasteiger partial charge on any atom is 0.257 e. The Labute approximate surface area is 209 Å². The smallest absolute Gasteiger partial charge is 0.257 e. The highest BCUT2D eigenvalue weighted by Crippen LogP contribution is 2.33. The molecule has 2 aromatic rings. The Kier molecular flexibility index (Phi) is 8.34. The number of rotatable bonds is 5. The Morgan fingerprint density at radius 3 is 2.43 bits per heavy atom. The van der Waals surface area contributed by atoms with E-state index in [0.29, 0.717) is 43.1 Å². The van der Waals surface area contributed by atoms with E-state index in [9.17, 15) is 13.2 Å². The number of hydrogen-bond donors (Lipinski definition) is 0. The quantitative estimate of drug-likeness (QED) is 0.594. The van der Waals surface area contributed by atoms with E-state index < -0.39 is 10.0 Å². The number of benzene rings is 2. The van der Waals surface area contributed by atoms with Gasteiger partial charge in [0.15, 0.2) is 0 Å². The molecule has 2 aliphatic rings. The molecule has 2 atom stereocenters. The van der Waals surface area contributed by atoms with Crippen molar-refractivity contribution in [3.05, 3.63) is 54.1 Å². The number of sulfonamides is 1. The van der Waals surface area contributed by atoms with Crippen molar-refractivity contribution in [1.82, 2.24) is 9.21 Å². The first-order valence-electron chi connectivity index (χ1n) is 12.7. The summed E-state index contributed by atoms with van der Waals surface area (Å²) >= 11 is 0. The van der Waals surface area contributed by atoms with Gasteiger partial charge in [0, 0.05) is 19.6 Å². The lowest BCUT2D eigenvalue weighted by Gasteiger charge is -2.40. The molecule has 2 aromatic carbocycles. The van der Waals surface area contributed by atoms with Gasteiger partial charge in [-0.25, -0.2) is 8.42 Å². The number of fused-ring (bicyclic) bond motifs is 2. The predicted molar refractivity (Wildman–Crippen MR) is 135 cm³/mol. The molecule has 1 fully saturated rings. The summed E-state index contributed by atoms with van der Waals surface area (Å²) in [6.07, 6.45) is 5.36. The van der Waals surface area contributed by atoms with E-state index in [1.54, 1.807) is 35.7 Å². The summed E-state index contributed by atoms with van der Waals surface area (Å²) in [5, 5.41) is 0. The highest BCUT2D eigenvalue weighted by atomic mass is 32.2. The Balaban J connectivity index is 1.72. The summed E-state index contributed by atoms with van der Waals surface area (Å²) in [6, 6.07) is 13.7. The van der Waals surface area contributed by atoms with E-state index in [-0.39, 0.29) is 22.9 Å². The van der Waals surface area contributed by atoms with Crippen molar-refractivity contribution in [3.63, 3.8) is 0 Å². The van der Waals surface area contributed by atoms with Crippen molar-refractivity contribution >= 4 is 15.9 Å². The summed E-state index contributed by atoms with van der Waals surface area (Å²) in [7, 11) is -2.18. The summed E-state index contributed by atoms with van der Waals surface area (Å²) in [5.74, 6) is 1.14. The van der Waals surface area contributed by atoms with Gasteiger partial charge >= 0.3 is 0 Å². The number of para-hydroxylation sites is 1. The van der Waals surface area contributed by atoms with Gasteiger partial charge < -0.3 is 14.4 Å². The van der Waals surface area contributed by atoms with Crippen LogP contribution in [0.1, 0.15) is 62.2 Å². The van der Waals surface area contributed by atoms with Crippen LogP contribution < -0.4 is 9.47 Å². The Morgan fingerprint density at radius 2 is 1.69 bits per heavy atom. The molecule has 1 heterocycles. The van der Waals surface area contributed by atoms with Crippen molar-refractivity contribution in [1.29, 1.82) is 0 Å². The number of amides is 1. The van der Waals surface area contributed by atoms with Gasteiger partial charge in [0.2, 0.25) is 10.0 Å². The first kappa shape index (κ1) is 25.5. The van der Waals surface area contributed by atoms with Crippen LogP contribution in [0, 0.1) is 0 Å². The van der Waals surface area contributed by atoms with Crippen LogP contribution in [-0.4, -0.2) is 62.4 Å². The molecule has 0 bridgehead atoms. The zero-order chi connectivity index (χ0) is 24.8. The molecule has 0 unspecified atom stereocenters. The Bertz CT molecular complexity index is 1100. The molecule has 35 heavy (non-hydrogen) atoms. The standard InChI is InChI=1S/C27H36N2O5S/c1-3-18-28-19-8-9-20-29(35(31,32)22-16-14-21(33-2)15-17-22)24-11-5-7-13-26(24)34-25-12-6-4-10-23(25)27(28)30/h4,6,10,12,14-17,24,26H,3,5,7-9,11,13,18-20H2,1-2H3/t24-,26+/m1/s1. The third-order valence-electron chi connectivity index (χ3n) is 6.94. The van der Waals surface area contributed by atoms with E-state index in [1.807, 2.05) is 29.2 Å². The average Bonchev–Trinajstić information content (AvgIpc) is 2.88. The molecule has 0 aromatic heterocycles. The molecule has 8 heteroatoms. The van der Waals surface area contributed by atoms with Crippen LogP contribution in [-0.2, 0) is 10.0 Å². The van der Waals surface area contributed by atoms with Crippen molar-refractivity contribution < 1.29 is 22.7 Å². The predicted octanol–water partition coefficient (Wildman–Crippen LogP) is 4.72. The maximum absolute atomic E-state index is 13.9. The molecule has 1 amide bonds. The van der Waals surface area contributed by atoms with Crippen LogP contribution >= 0.6 is 0 Å². The van der Waals surface area contributed by atoms with Crippen molar-refractivity contribution in [3.8, 4) is 11.5 Å². The van der Waals surface area contributed by atoms with E-state index in [1.165, 1.54) is 0 Å². The van der Waals surface area contributed by atoms with Gasteiger partial charge in [0.1, 0.15) is 17.6 Å². The van der Waals surface area contributed by atoms with E-state index >= 15 is 0 Å². The van der Waals surface area contributed by atoms with Crippen LogP contribution in [0.15, 0.2) is 53.4 Å². The fourth-order valence-corrected chi connectivity index (χ4v) is 6.84. The fourth-order valence-electron chi connectivity index (χ4n) is 5.13. The van der Waals surface area contributed by atoms with E-state index in [0.717, 1.165) is 38.5 Å².